The summed E-state index contributed by atoms with van der Waals surface area (Å²) >= 11 is 0. The molecule has 0 aliphatic rings. The predicted octanol–water partition coefficient (Wildman–Crippen LogP) is 0.850. The highest BCUT2D eigenvalue weighted by Gasteiger charge is 2.08. The number of aliphatic hydroxyl groups excluding tert-OH is 1. The van der Waals surface area contributed by atoms with Crippen LogP contribution in [0.2, 0.25) is 0 Å². The molecule has 3 heteroatoms. The minimum absolute atomic E-state index is 0.229. The molecule has 0 amide bonds. The molecule has 2 unspecified atom stereocenters. The van der Waals surface area contributed by atoms with Crippen LogP contribution in [0.25, 0.3) is 0 Å². The molecular weight excluding hydrogens is 152 g/mol. The van der Waals surface area contributed by atoms with E-state index in [1.54, 1.807) is 0 Å². The highest BCUT2D eigenvalue weighted by Crippen LogP contribution is 1.99. The molecule has 0 aliphatic heterocycles. The van der Waals surface area contributed by atoms with Gasteiger partial charge in [-0.1, -0.05) is 20.8 Å². The number of hydrazine groups is 1. The summed E-state index contributed by atoms with van der Waals surface area (Å²) < 4.78 is 0. The van der Waals surface area contributed by atoms with E-state index in [1.165, 1.54) is 0 Å². The molecule has 0 aromatic heterocycles. The van der Waals surface area contributed by atoms with Gasteiger partial charge >= 0.3 is 0 Å². The Morgan fingerprint density at radius 2 is 1.75 bits per heavy atom. The molecule has 0 aromatic carbocycles. The molecule has 0 heterocycles. The van der Waals surface area contributed by atoms with Crippen LogP contribution in [0.4, 0.5) is 0 Å². The van der Waals surface area contributed by atoms with Gasteiger partial charge in [-0.3, -0.25) is 5.43 Å². The molecule has 2 atom stereocenters. The van der Waals surface area contributed by atoms with Gasteiger partial charge in [0.1, 0.15) is 0 Å². The lowest BCUT2D eigenvalue weighted by molar-refractivity contribution is 0.109. The van der Waals surface area contributed by atoms with E-state index in [0.717, 1.165) is 19.6 Å². The van der Waals surface area contributed by atoms with Crippen molar-refractivity contribution in [2.45, 2.75) is 33.8 Å². The van der Waals surface area contributed by atoms with Crippen LogP contribution in [0.1, 0.15) is 27.7 Å². The van der Waals surface area contributed by atoms with Crippen LogP contribution >= 0.6 is 0 Å². The number of nitrogens with zero attached hydrogens (tertiary/aromatic N) is 1. The van der Waals surface area contributed by atoms with Crippen molar-refractivity contribution in [2.75, 3.05) is 19.6 Å². The first kappa shape index (κ1) is 11.9. The molecule has 2 N–H and O–H groups in total. The van der Waals surface area contributed by atoms with Gasteiger partial charge in [0.2, 0.25) is 0 Å². The molecule has 0 saturated heterocycles. The van der Waals surface area contributed by atoms with Crippen molar-refractivity contribution in [1.29, 1.82) is 0 Å². The fourth-order valence-electron chi connectivity index (χ4n) is 0.891. The SMILES string of the molecule is CCN(CC)NCC(C)C(C)O. The molecule has 0 aromatic rings. The first-order valence-corrected chi connectivity index (χ1v) is 4.78. The minimum atomic E-state index is -0.229. The smallest absolute Gasteiger partial charge is 0.0550 e. The van der Waals surface area contributed by atoms with Gasteiger partial charge in [0, 0.05) is 19.6 Å². The summed E-state index contributed by atoms with van der Waals surface area (Å²) in [6.45, 7) is 11.0. The molecule has 12 heavy (non-hydrogen) atoms. The maximum absolute atomic E-state index is 9.22. The third kappa shape index (κ3) is 4.70. The summed E-state index contributed by atoms with van der Waals surface area (Å²) in [7, 11) is 0. The van der Waals surface area contributed by atoms with Crippen LogP contribution in [0.5, 0.6) is 0 Å². The van der Waals surface area contributed by atoms with Crippen molar-refractivity contribution in [1.82, 2.24) is 10.4 Å². The molecule has 0 bridgehead atoms. The van der Waals surface area contributed by atoms with E-state index in [2.05, 4.69) is 24.3 Å². The second-order valence-electron chi connectivity index (χ2n) is 3.25. The number of rotatable bonds is 6. The van der Waals surface area contributed by atoms with Crippen LogP contribution in [-0.2, 0) is 0 Å². The van der Waals surface area contributed by atoms with E-state index in [4.69, 9.17) is 0 Å². The third-order valence-corrected chi connectivity index (χ3v) is 2.22. The van der Waals surface area contributed by atoms with E-state index < -0.39 is 0 Å². The molecular formula is C9H22N2O. The van der Waals surface area contributed by atoms with E-state index >= 15 is 0 Å². The van der Waals surface area contributed by atoms with Gasteiger partial charge in [0.25, 0.3) is 0 Å². The minimum Gasteiger partial charge on any atom is -0.393 e. The standard InChI is InChI=1S/C9H22N2O/c1-5-11(6-2)10-7-8(3)9(4)12/h8-10,12H,5-7H2,1-4H3. The highest BCUT2D eigenvalue weighted by atomic mass is 16.3. The largest absolute Gasteiger partial charge is 0.393 e. The molecule has 0 radical (unpaired) electrons. The van der Waals surface area contributed by atoms with Gasteiger partial charge in [0.05, 0.1) is 6.10 Å². The van der Waals surface area contributed by atoms with Crippen LogP contribution in [-0.4, -0.2) is 35.9 Å². The van der Waals surface area contributed by atoms with Crippen LogP contribution in [0.15, 0.2) is 0 Å². The molecule has 0 aliphatic carbocycles. The number of nitrogens with one attached hydrogen (secondary N) is 1. The van der Waals surface area contributed by atoms with Gasteiger partial charge in [0.15, 0.2) is 0 Å². The fourth-order valence-corrected chi connectivity index (χ4v) is 0.891. The Balaban J connectivity index is 3.51. The van der Waals surface area contributed by atoms with Crippen molar-refractivity contribution >= 4 is 0 Å². The summed E-state index contributed by atoms with van der Waals surface area (Å²) in [4.78, 5) is 0. The van der Waals surface area contributed by atoms with Crippen LogP contribution < -0.4 is 5.43 Å². The van der Waals surface area contributed by atoms with E-state index in [1.807, 2.05) is 13.8 Å². The Morgan fingerprint density at radius 1 is 1.25 bits per heavy atom. The van der Waals surface area contributed by atoms with Crippen molar-refractivity contribution in [3.63, 3.8) is 0 Å². The zero-order valence-corrected chi connectivity index (χ0v) is 8.67. The lowest BCUT2D eigenvalue weighted by Gasteiger charge is -2.23. The summed E-state index contributed by atoms with van der Waals surface area (Å²) in [5.41, 5.74) is 3.27. The topological polar surface area (TPSA) is 35.5 Å². The maximum atomic E-state index is 9.22. The normalized spacial score (nSPS) is 16.5. The van der Waals surface area contributed by atoms with Crippen molar-refractivity contribution in [3.05, 3.63) is 0 Å². The fraction of sp³-hybridized carbons (Fsp3) is 1.00. The predicted molar refractivity (Wildman–Crippen MR) is 51.8 cm³/mol. The second-order valence-corrected chi connectivity index (χ2v) is 3.25. The van der Waals surface area contributed by atoms with Gasteiger partial charge in [-0.05, 0) is 12.8 Å². The lowest BCUT2D eigenvalue weighted by Crippen LogP contribution is -2.41. The first-order chi connectivity index (χ1) is 5.61. The first-order valence-electron chi connectivity index (χ1n) is 4.78. The van der Waals surface area contributed by atoms with Gasteiger partial charge in [-0.2, -0.15) is 0 Å². The quantitative estimate of drug-likeness (QED) is 0.586. The summed E-state index contributed by atoms with van der Waals surface area (Å²) in [6, 6.07) is 0. The molecule has 3 nitrogen and oxygen atoms in total. The average Bonchev–Trinajstić information content (AvgIpc) is 2.05. The Hall–Kier alpha value is -0.120. The van der Waals surface area contributed by atoms with E-state index in [-0.39, 0.29) is 6.10 Å². The zero-order chi connectivity index (χ0) is 9.56. The van der Waals surface area contributed by atoms with Gasteiger partial charge in [-0.15, -0.1) is 0 Å². The van der Waals surface area contributed by atoms with Crippen LogP contribution in [0.3, 0.4) is 0 Å². The third-order valence-electron chi connectivity index (χ3n) is 2.22. The molecule has 74 valence electrons. The Kier molecular flexibility index (Phi) is 6.34. The van der Waals surface area contributed by atoms with Gasteiger partial charge in [-0.25, -0.2) is 5.01 Å². The summed E-state index contributed by atoms with van der Waals surface area (Å²) in [6.07, 6.45) is -0.229. The highest BCUT2D eigenvalue weighted by molar-refractivity contribution is 4.61. The van der Waals surface area contributed by atoms with Crippen molar-refractivity contribution in [3.8, 4) is 0 Å². The number of aliphatic hydroxyl groups is 1. The van der Waals surface area contributed by atoms with Crippen LogP contribution in [0, 0.1) is 5.92 Å². The number of hydrogen-bond donors (Lipinski definition) is 2. The maximum Gasteiger partial charge on any atom is 0.0550 e. The van der Waals surface area contributed by atoms with Crippen molar-refractivity contribution in [2.24, 2.45) is 5.92 Å². The molecule has 0 rings (SSSR count). The zero-order valence-electron chi connectivity index (χ0n) is 8.67. The summed E-state index contributed by atoms with van der Waals surface area (Å²) in [5.74, 6) is 0.311. The van der Waals surface area contributed by atoms with E-state index in [9.17, 15) is 5.11 Å². The van der Waals surface area contributed by atoms with E-state index in [0.29, 0.717) is 5.92 Å². The van der Waals surface area contributed by atoms with Gasteiger partial charge < -0.3 is 5.11 Å². The molecule has 0 fully saturated rings. The number of hydrogen-bond acceptors (Lipinski definition) is 3. The average molecular weight is 174 g/mol. The monoisotopic (exact) mass is 174 g/mol. The summed E-state index contributed by atoms with van der Waals surface area (Å²) in [5, 5.41) is 11.4. The molecule has 0 saturated carbocycles. The molecule has 0 spiro atoms. The Labute approximate surface area is 75.7 Å². The van der Waals surface area contributed by atoms with Crippen molar-refractivity contribution < 1.29 is 5.11 Å². The second kappa shape index (κ2) is 6.40. The Bertz CT molecular complexity index is 101. The lowest BCUT2D eigenvalue weighted by atomic mass is 10.1. The Morgan fingerprint density at radius 3 is 2.08 bits per heavy atom.